The zero-order valence-corrected chi connectivity index (χ0v) is 12.5. The minimum Gasteiger partial charge on any atom is -0.314 e. The first-order chi connectivity index (χ1) is 8.84. The average molecular weight is 427 g/mol. The van der Waals surface area contributed by atoms with Gasteiger partial charge in [0.25, 0.3) is 0 Å². The fourth-order valence-electron chi connectivity index (χ4n) is 1.49. The van der Waals surface area contributed by atoms with E-state index in [9.17, 15) is 13.2 Å². The first kappa shape index (κ1) is 15.0. The molecular formula is C8H4Cl2F3IN4O. The molecule has 5 nitrogen and oxygen atoms in total. The van der Waals surface area contributed by atoms with Crippen molar-refractivity contribution < 1.29 is 16.2 Å². The lowest BCUT2D eigenvalue weighted by molar-refractivity contribution is -0.140. The number of halogens is 6. The second-order valence-corrected chi connectivity index (χ2v) is 4.68. The van der Waals surface area contributed by atoms with Gasteiger partial charge in [0.2, 0.25) is 5.28 Å². The molecule has 11 heteroatoms. The Labute approximate surface area is 128 Å². The van der Waals surface area contributed by atoms with Gasteiger partial charge >= 0.3 is 6.18 Å². The summed E-state index contributed by atoms with van der Waals surface area (Å²) in [6.45, 7) is 0.244. The summed E-state index contributed by atoms with van der Waals surface area (Å²) in [5.41, 5.74) is -1.60. The van der Waals surface area contributed by atoms with Crippen LogP contribution in [0.4, 0.5) is 13.2 Å². The highest BCUT2D eigenvalue weighted by Crippen LogP contribution is 2.35. The van der Waals surface area contributed by atoms with Crippen molar-refractivity contribution in [2.24, 2.45) is 0 Å². The molecule has 2 heterocycles. The molecule has 2 rings (SSSR count). The summed E-state index contributed by atoms with van der Waals surface area (Å²) in [5.74, 6) is 0. The van der Waals surface area contributed by atoms with Crippen molar-refractivity contribution in [3.8, 4) is 0 Å². The zero-order chi connectivity index (χ0) is 14.2. The van der Waals surface area contributed by atoms with Crippen LogP contribution >= 0.6 is 46.2 Å². The number of rotatable bonds is 3. The summed E-state index contributed by atoms with van der Waals surface area (Å²) in [6, 6.07) is 0. The molecule has 0 aromatic carbocycles. The van der Waals surface area contributed by atoms with Gasteiger partial charge in [-0.2, -0.15) is 18.3 Å². The standard InChI is InChI=1S/C8H4Cl2F3IN4O/c9-6-4-3(15-7(10)16-6)5(8(11,12)13)17-18(4)1-2-19-14/h1-2H2. The maximum atomic E-state index is 12.9. The van der Waals surface area contributed by atoms with Gasteiger partial charge in [-0.05, 0) is 11.6 Å². The van der Waals surface area contributed by atoms with Gasteiger partial charge in [0, 0.05) is 0 Å². The fraction of sp³-hybridized carbons (Fsp3) is 0.375. The minimum absolute atomic E-state index is 0.0214. The van der Waals surface area contributed by atoms with Gasteiger partial charge in [-0.15, -0.1) is 0 Å². The lowest BCUT2D eigenvalue weighted by atomic mass is 10.3. The predicted octanol–water partition coefficient (Wildman–Crippen LogP) is 3.52. The number of nitrogens with zero attached hydrogens (tertiary/aromatic N) is 4. The van der Waals surface area contributed by atoms with E-state index < -0.39 is 17.4 Å². The molecule has 0 aliphatic rings. The van der Waals surface area contributed by atoms with Crippen molar-refractivity contribution in [3.63, 3.8) is 0 Å². The molecule has 0 radical (unpaired) electrons. The molecule has 0 unspecified atom stereocenters. The highest BCUT2D eigenvalue weighted by atomic mass is 127. The smallest absolute Gasteiger partial charge is 0.314 e. The van der Waals surface area contributed by atoms with Crippen LogP contribution in [0.2, 0.25) is 10.4 Å². The van der Waals surface area contributed by atoms with Crippen LogP contribution in [0.25, 0.3) is 11.0 Å². The molecule has 0 aliphatic carbocycles. The molecule has 104 valence electrons. The Hall–Kier alpha value is -0.390. The van der Waals surface area contributed by atoms with E-state index in [0.717, 1.165) is 4.68 Å². The third-order valence-corrected chi connectivity index (χ3v) is 3.04. The van der Waals surface area contributed by atoms with Crippen LogP contribution in [0.1, 0.15) is 5.69 Å². The Morgan fingerprint density at radius 1 is 1.26 bits per heavy atom. The lowest BCUT2D eigenvalue weighted by Gasteiger charge is -2.02. The molecule has 0 atom stereocenters. The van der Waals surface area contributed by atoms with Crippen LogP contribution in [0.5, 0.6) is 0 Å². The molecule has 19 heavy (non-hydrogen) atoms. The van der Waals surface area contributed by atoms with Gasteiger partial charge < -0.3 is 3.07 Å². The molecule has 0 saturated carbocycles. The normalized spacial score (nSPS) is 12.3. The van der Waals surface area contributed by atoms with Gasteiger partial charge in [-0.25, -0.2) is 9.97 Å². The second kappa shape index (κ2) is 5.54. The number of hydrogen-bond acceptors (Lipinski definition) is 4. The van der Waals surface area contributed by atoms with Gasteiger partial charge in [0.15, 0.2) is 10.8 Å². The molecule has 2 aromatic rings. The Morgan fingerprint density at radius 3 is 2.53 bits per heavy atom. The monoisotopic (exact) mass is 426 g/mol. The molecule has 2 aromatic heterocycles. The first-order valence-corrected chi connectivity index (χ1v) is 6.38. The highest BCUT2D eigenvalue weighted by molar-refractivity contribution is 14.1. The number of aromatic nitrogens is 4. The SMILES string of the molecule is FC(F)(F)c1nn(CCOI)c2c(Cl)nc(Cl)nc12. The molecule has 0 N–H and O–H groups in total. The Bertz CT molecular complexity index is 618. The summed E-state index contributed by atoms with van der Waals surface area (Å²) < 4.78 is 44.4. The van der Waals surface area contributed by atoms with Crippen LogP contribution in [0, 0.1) is 0 Å². The third-order valence-electron chi connectivity index (χ3n) is 2.17. The van der Waals surface area contributed by atoms with Crippen LogP contribution in [-0.4, -0.2) is 26.4 Å². The number of fused-ring (bicyclic) bond motifs is 1. The summed E-state index contributed by atoms with van der Waals surface area (Å²) in [6.07, 6.45) is -4.66. The molecule has 0 saturated heterocycles. The lowest BCUT2D eigenvalue weighted by Crippen LogP contribution is -2.09. The Morgan fingerprint density at radius 2 is 1.95 bits per heavy atom. The Balaban J connectivity index is 2.70. The van der Waals surface area contributed by atoms with E-state index in [1.807, 2.05) is 0 Å². The topological polar surface area (TPSA) is 52.8 Å². The molecule has 0 amide bonds. The van der Waals surface area contributed by atoms with Gasteiger partial charge in [-0.1, -0.05) is 11.6 Å². The van der Waals surface area contributed by atoms with Crippen molar-refractivity contribution >= 4 is 57.2 Å². The predicted molar refractivity (Wildman–Crippen MR) is 70.3 cm³/mol. The molecule has 0 bridgehead atoms. The van der Waals surface area contributed by atoms with Gasteiger partial charge in [-0.3, -0.25) is 4.68 Å². The first-order valence-electron chi connectivity index (χ1n) is 4.75. The van der Waals surface area contributed by atoms with Crippen molar-refractivity contribution in [2.75, 3.05) is 6.61 Å². The zero-order valence-electron chi connectivity index (χ0n) is 8.88. The van der Waals surface area contributed by atoms with Crippen LogP contribution in [-0.2, 0) is 15.8 Å². The minimum atomic E-state index is -4.66. The van der Waals surface area contributed by atoms with E-state index in [-0.39, 0.29) is 29.1 Å². The van der Waals surface area contributed by atoms with E-state index in [0.29, 0.717) is 0 Å². The maximum Gasteiger partial charge on any atom is 0.437 e. The van der Waals surface area contributed by atoms with E-state index in [1.54, 1.807) is 23.0 Å². The Kier molecular flexibility index (Phi) is 4.38. The number of hydrogen-bond donors (Lipinski definition) is 0. The summed E-state index contributed by atoms with van der Waals surface area (Å²) in [7, 11) is 0. The molecular weight excluding hydrogens is 423 g/mol. The van der Waals surface area contributed by atoms with Crippen molar-refractivity contribution in [1.82, 2.24) is 19.7 Å². The maximum absolute atomic E-state index is 12.9. The summed E-state index contributed by atoms with van der Waals surface area (Å²) >= 11 is 13.0. The van der Waals surface area contributed by atoms with Crippen molar-refractivity contribution in [3.05, 3.63) is 16.1 Å². The second-order valence-electron chi connectivity index (χ2n) is 3.36. The molecule has 0 spiro atoms. The van der Waals surface area contributed by atoms with E-state index >= 15 is 0 Å². The molecule has 0 aliphatic heterocycles. The fourth-order valence-corrected chi connectivity index (χ4v) is 2.16. The van der Waals surface area contributed by atoms with E-state index in [4.69, 9.17) is 26.3 Å². The van der Waals surface area contributed by atoms with Crippen molar-refractivity contribution in [1.29, 1.82) is 0 Å². The van der Waals surface area contributed by atoms with E-state index in [2.05, 4.69) is 15.1 Å². The van der Waals surface area contributed by atoms with Crippen molar-refractivity contribution in [2.45, 2.75) is 12.7 Å². The average Bonchev–Trinajstić information content (AvgIpc) is 2.64. The third kappa shape index (κ3) is 3.03. The number of alkyl halides is 3. The van der Waals surface area contributed by atoms with Crippen LogP contribution in [0.15, 0.2) is 0 Å². The van der Waals surface area contributed by atoms with Crippen LogP contribution in [0.3, 0.4) is 0 Å². The largest absolute Gasteiger partial charge is 0.437 e. The quantitative estimate of drug-likeness (QED) is 0.428. The van der Waals surface area contributed by atoms with Crippen LogP contribution < -0.4 is 0 Å². The summed E-state index contributed by atoms with van der Waals surface area (Å²) in [4.78, 5) is 7.17. The van der Waals surface area contributed by atoms with E-state index in [1.165, 1.54) is 0 Å². The van der Waals surface area contributed by atoms with Gasteiger partial charge in [0.05, 0.1) is 13.2 Å². The summed E-state index contributed by atoms with van der Waals surface area (Å²) in [5, 5.41) is 2.91. The molecule has 0 fully saturated rings. The highest BCUT2D eigenvalue weighted by Gasteiger charge is 2.38. The van der Waals surface area contributed by atoms with Gasteiger partial charge in [0.1, 0.15) is 34.0 Å².